The number of nitrogens with zero attached hydrogens (tertiary/aromatic N) is 5. The van der Waals surface area contributed by atoms with Gasteiger partial charge in [-0.15, -0.1) is 0 Å². The van der Waals surface area contributed by atoms with E-state index in [0.717, 1.165) is 0 Å². The second-order valence-corrected chi connectivity index (χ2v) is 20.9. The van der Waals surface area contributed by atoms with Crippen LogP contribution in [0.1, 0.15) is 138 Å². The third-order valence-electron chi connectivity index (χ3n) is 14.4. The highest BCUT2D eigenvalue weighted by Crippen LogP contribution is 2.31. The fraction of sp³-hybridized carbons (Fsp3) is 0.691. The van der Waals surface area contributed by atoms with E-state index in [4.69, 9.17) is 14.2 Å². The van der Waals surface area contributed by atoms with Crippen molar-refractivity contribution in [3.63, 3.8) is 0 Å². The van der Waals surface area contributed by atoms with Gasteiger partial charge in [0.15, 0.2) is 0 Å². The molecular weight excluding hydrogens is 949 g/mol. The molecule has 0 bridgehead atoms. The van der Waals surface area contributed by atoms with E-state index in [1.165, 1.54) is 24.2 Å². The molecule has 2 aliphatic heterocycles. The van der Waals surface area contributed by atoms with E-state index in [-0.39, 0.29) is 84.8 Å². The van der Waals surface area contributed by atoms with Crippen molar-refractivity contribution < 1.29 is 52.6 Å². The number of likely N-dealkylation sites (N-methyl/N-ethyl adjacent to an activating group) is 2. The first-order chi connectivity index (χ1) is 35.0. The summed E-state index contributed by atoms with van der Waals surface area (Å²) in [6.45, 7) is 17.8. The quantitative estimate of drug-likeness (QED) is 0.0288. The van der Waals surface area contributed by atoms with E-state index in [0.29, 0.717) is 62.9 Å². The van der Waals surface area contributed by atoms with Gasteiger partial charge in [0.1, 0.15) is 12.1 Å². The lowest BCUT2D eigenvalue weighted by Crippen LogP contribution is -2.59. The van der Waals surface area contributed by atoms with Crippen LogP contribution in [0.25, 0.3) is 0 Å². The van der Waals surface area contributed by atoms with E-state index >= 15 is 0 Å². The SMILES string of the molecule is CC[C@H](C)[C@@H]([C@@H](CC(=O)N1CCC[C@H]1[C@H](OC)[C@@H](C)C(=O)N[C@H](C)[C@@H](OC(=O)CCC(C)=NNC(=O)CCCCCN1C(=O)C=CC1=O)c1ccccc1)OC)N(C)C(=O)C(NC(=O)[C@H](C(C)C)N(C)C)C(C)C. The number of esters is 1. The number of hydrogen-bond donors (Lipinski definition) is 3. The number of unbranched alkanes of at least 4 members (excludes halogenated alkanes) is 2. The van der Waals surface area contributed by atoms with Crippen molar-refractivity contribution in [1.29, 1.82) is 0 Å². The Morgan fingerprint density at radius 2 is 1.46 bits per heavy atom. The summed E-state index contributed by atoms with van der Waals surface area (Å²) in [5, 5.41) is 10.2. The number of nitrogens with one attached hydrogen (secondary N) is 3. The van der Waals surface area contributed by atoms with Gasteiger partial charge < -0.3 is 34.6 Å². The molecule has 19 nitrogen and oxygen atoms in total. The monoisotopic (exact) mass is 1040 g/mol. The van der Waals surface area contributed by atoms with Crippen LogP contribution in [0.15, 0.2) is 47.6 Å². The molecule has 3 rings (SSSR count). The molecule has 19 heteroatoms. The minimum atomic E-state index is -0.850. The zero-order valence-electron chi connectivity index (χ0n) is 46.7. The summed E-state index contributed by atoms with van der Waals surface area (Å²) in [5.74, 6) is -3.50. The molecule has 0 aromatic heterocycles. The first kappa shape index (κ1) is 62.8. The summed E-state index contributed by atoms with van der Waals surface area (Å²) in [6.07, 6.45) is 4.41. The molecule has 0 spiro atoms. The molecular formula is C55H88N8O11. The van der Waals surface area contributed by atoms with Crippen LogP contribution in [0.3, 0.4) is 0 Å². The summed E-state index contributed by atoms with van der Waals surface area (Å²) >= 11 is 0. The number of hydrazone groups is 1. The zero-order chi connectivity index (χ0) is 55.4. The van der Waals surface area contributed by atoms with Gasteiger partial charge >= 0.3 is 5.97 Å². The Labute approximate surface area is 440 Å². The van der Waals surface area contributed by atoms with Crippen molar-refractivity contribution in [3.05, 3.63) is 48.0 Å². The highest BCUT2D eigenvalue weighted by atomic mass is 16.5. The fourth-order valence-electron chi connectivity index (χ4n) is 10.1. The molecule has 74 heavy (non-hydrogen) atoms. The maximum absolute atomic E-state index is 14.5. The normalized spacial score (nSPS) is 18.7. The Morgan fingerprint density at radius 1 is 0.811 bits per heavy atom. The van der Waals surface area contributed by atoms with Crippen LogP contribution in [-0.2, 0) is 52.6 Å². The van der Waals surface area contributed by atoms with Crippen molar-refractivity contribution in [1.82, 2.24) is 35.7 Å². The predicted molar refractivity (Wildman–Crippen MR) is 283 cm³/mol. The maximum Gasteiger partial charge on any atom is 0.306 e. The highest BCUT2D eigenvalue weighted by molar-refractivity contribution is 6.12. The van der Waals surface area contributed by atoms with Gasteiger partial charge in [0.2, 0.25) is 29.5 Å². The topological polar surface area (TPSA) is 226 Å². The van der Waals surface area contributed by atoms with E-state index < -0.39 is 60.4 Å². The lowest BCUT2D eigenvalue weighted by Gasteiger charge is -2.41. The standard InChI is InChI=1S/C55H88N8O11/c1-15-36(6)50(61(12)55(71)48(34(2)3)57-54(70)49(35(4)5)60(10)11)42(72-13)33-46(67)62-32-22-25-41(62)51(73-14)38(8)53(69)56-39(9)52(40-23-18-16-19-24-40)74-47(68)30-27-37(7)58-59-43(64)26-20-17-21-31-63-44(65)28-29-45(63)66/h16,18-19,23-24,28-29,34-36,38-39,41-42,48-52H,15,17,20-22,25-27,30-33H2,1-14H3,(H,56,69)(H,57,70)(H,59,64)/t36-,38+,39+,41-,42+,48?,49-,50-,51+,52+/m0/s1. The van der Waals surface area contributed by atoms with Crippen LogP contribution in [0.4, 0.5) is 0 Å². The number of carbonyl (C=O) groups excluding carboxylic acids is 8. The van der Waals surface area contributed by atoms with Crippen molar-refractivity contribution >= 4 is 53.0 Å². The van der Waals surface area contributed by atoms with Gasteiger partial charge in [-0.1, -0.05) is 91.6 Å². The number of ether oxygens (including phenoxy) is 3. The predicted octanol–water partition coefficient (Wildman–Crippen LogP) is 5.18. The average molecular weight is 1040 g/mol. The summed E-state index contributed by atoms with van der Waals surface area (Å²) in [7, 11) is 8.47. The number of amides is 7. The van der Waals surface area contributed by atoms with Gasteiger partial charge in [0.25, 0.3) is 11.8 Å². The lowest BCUT2D eigenvalue weighted by molar-refractivity contribution is -0.152. The molecule has 2 heterocycles. The van der Waals surface area contributed by atoms with Crippen molar-refractivity contribution in [2.45, 2.75) is 175 Å². The summed E-state index contributed by atoms with van der Waals surface area (Å²) in [5.41, 5.74) is 3.71. The van der Waals surface area contributed by atoms with E-state index in [2.05, 4.69) is 21.2 Å². The Bertz CT molecular complexity index is 2070. The summed E-state index contributed by atoms with van der Waals surface area (Å²) in [4.78, 5) is 112. The minimum Gasteiger partial charge on any atom is -0.455 e. The second-order valence-electron chi connectivity index (χ2n) is 20.9. The zero-order valence-corrected chi connectivity index (χ0v) is 46.7. The Balaban J connectivity index is 1.65. The molecule has 7 amide bonds. The third kappa shape index (κ3) is 18.1. The number of benzene rings is 1. The molecule has 1 aromatic carbocycles. The third-order valence-corrected chi connectivity index (χ3v) is 14.4. The summed E-state index contributed by atoms with van der Waals surface area (Å²) < 4.78 is 18.1. The van der Waals surface area contributed by atoms with Crippen molar-refractivity contribution in [2.75, 3.05) is 48.5 Å². The number of imide groups is 1. The molecule has 414 valence electrons. The molecule has 10 atom stereocenters. The molecule has 2 aliphatic rings. The fourth-order valence-corrected chi connectivity index (χ4v) is 10.1. The van der Waals surface area contributed by atoms with Gasteiger partial charge in [0, 0.05) is 58.6 Å². The molecule has 0 aliphatic carbocycles. The first-order valence-electron chi connectivity index (χ1n) is 26.5. The molecule has 1 unspecified atom stereocenters. The minimum absolute atomic E-state index is 0.0160. The maximum atomic E-state index is 14.5. The molecule has 1 fully saturated rings. The van der Waals surface area contributed by atoms with Gasteiger partial charge in [-0.25, -0.2) is 5.43 Å². The van der Waals surface area contributed by atoms with Crippen LogP contribution in [0.2, 0.25) is 0 Å². The van der Waals surface area contributed by atoms with Crippen LogP contribution < -0.4 is 16.1 Å². The van der Waals surface area contributed by atoms with Gasteiger partial charge in [-0.3, -0.25) is 48.2 Å². The van der Waals surface area contributed by atoms with E-state index in [1.807, 2.05) is 90.9 Å². The molecule has 0 saturated carbocycles. The largest absolute Gasteiger partial charge is 0.455 e. The molecule has 3 N–H and O–H groups in total. The van der Waals surface area contributed by atoms with Crippen molar-refractivity contribution in [2.24, 2.45) is 28.8 Å². The Hall–Kier alpha value is -5.53. The molecule has 0 radical (unpaired) electrons. The summed E-state index contributed by atoms with van der Waals surface area (Å²) in [6, 6.07) is 6.27. The smallest absolute Gasteiger partial charge is 0.306 e. The number of likely N-dealkylation sites (tertiary alicyclic amines) is 1. The highest BCUT2D eigenvalue weighted by Gasteiger charge is 2.43. The van der Waals surface area contributed by atoms with Crippen LogP contribution in [0.5, 0.6) is 0 Å². The van der Waals surface area contributed by atoms with Crippen molar-refractivity contribution in [3.8, 4) is 0 Å². The Kier molecular flexibility index (Phi) is 26.1. The number of methoxy groups -OCH3 is 2. The Morgan fingerprint density at radius 3 is 2.03 bits per heavy atom. The second kappa shape index (κ2) is 30.7. The van der Waals surface area contributed by atoms with Crippen LogP contribution in [-0.4, -0.2) is 164 Å². The van der Waals surface area contributed by atoms with Gasteiger partial charge in [-0.2, -0.15) is 5.10 Å². The van der Waals surface area contributed by atoms with Gasteiger partial charge in [0.05, 0.1) is 55.1 Å². The van der Waals surface area contributed by atoms with Crippen LogP contribution >= 0.6 is 0 Å². The van der Waals surface area contributed by atoms with E-state index in [9.17, 15) is 38.4 Å². The first-order valence-corrected chi connectivity index (χ1v) is 26.5. The van der Waals surface area contributed by atoms with Gasteiger partial charge in [-0.05, 0) is 83.4 Å². The molecule has 1 aromatic rings. The number of carbonyl (C=O) groups is 8. The lowest BCUT2D eigenvalue weighted by atomic mass is 9.89. The van der Waals surface area contributed by atoms with E-state index in [1.54, 1.807) is 44.7 Å². The number of rotatable bonds is 31. The number of hydrogen-bond acceptors (Lipinski definition) is 13. The average Bonchev–Trinajstić information content (AvgIpc) is 3.97. The van der Waals surface area contributed by atoms with Crippen LogP contribution in [0, 0.1) is 23.7 Å². The molecule has 1 saturated heterocycles.